The highest BCUT2D eigenvalue weighted by molar-refractivity contribution is 6.30. The third-order valence-electron chi connectivity index (χ3n) is 2.92. The molecule has 1 amide bonds. The van der Waals surface area contributed by atoms with Crippen molar-refractivity contribution in [2.75, 3.05) is 0 Å². The first kappa shape index (κ1) is 14.3. The highest BCUT2D eigenvalue weighted by Gasteiger charge is 2.06. The number of hydrogen-bond donors (Lipinski definition) is 1. The van der Waals surface area contributed by atoms with Crippen molar-refractivity contribution in [2.45, 2.75) is 13.5 Å². The Balaban J connectivity index is 1.97. The molecule has 20 heavy (non-hydrogen) atoms. The molecule has 2 aromatic carbocycles. The van der Waals surface area contributed by atoms with Crippen LogP contribution in [0.2, 0.25) is 5.02 Å². The number of amides is 1. The number of Topliss-reactive ketones (excluding diaryl/α,β-unsaturated/α-hetero) is 1. The molecule has 0 atom stereocenters. The average molecular weight is 288 g/mol. The summed E-state index contributed by atoms with van der Waals surface area (Å²) in [7, 11) is 0. The Morgan fingerprint density at radius 1 is 0.950 bits per heavy atom. The van der Waals surface area contributed by atoms with Gasteiger partial charge in [0.25, 0.3) is 5.91 Å². The van der Waals surface area contributed by atoms with E-state index in [1.165, 1.54) is 6.92 Å². The minimum absolute atomic E-state index is 0.0156. The third-order valence-corrected chi connectivity index (χ3v) is 3.17. The first-order valence-electron chi connectivity index (χ1n) is 6.20. The summed E-state index contributed by atoms with van der Waals surface area (Å²) in [6.45, 7) is 1.93. The van der Waals surface area contributed by atoms with Crippen molar-refractivity contribution >= 4 is 23.3 Å². The molecule has 0 aliphatic carbocycles. The van der Waals surface area contributed by atoms with E-state index in [0.29, 0.717) is 22.7 Å². The highest BCUT2D eigenvalue weighted by Crippen LogP contribution is 2.10. The van der Waals surface area contributed by atoms with Crippen LogP contribution in [0.3, 0.4) is 0 Å². The van der Waals surface area contributed by atoms with Crippen molar-refractivity contribution in [1.82, 2.24) is 5.32 Å². The van der Waals surface area contributed by atoms with Gasteiger partial charge in [-0.05, 0) is 36.8 Å². The molecular formula is C16H14ClNO2. The van der Waals surface area contributed by atoms with E-state index in [2.05, 4.69) is 5.32 Å². The molecule has 0 bridgehead atoms. The predicted molar refractivity (Wildman–Crippen MR) is 79.1 cm³/mol. The summed E-state index contributed by atoms with van der Waals surface area (Å²) in [6, 6.07) is 13.9. The fraction of sp³-hybridized carbons (Fsp3) is 0.125. The molecule has 0 heterocycles. The van der Waals surface area contributed by atoms with Crippen molar-refractivity contribution in [1.29, 1.82) is 0 Å². The number of benzene rings is 2. The van der Waals surface area contributed by atoms with Gasteiger partial charge in [0.1, 0.15) is 0 Å². The maximum Gasteiger partial charge on any atom is 0.251 e. The van der Waals surface area contributed by atoms with Crippen LogP contribution in [-0.2, 0) is 6.54 Å². The van der Waals surface area contributed by atoms with E-state index in [9.17, 15) is 9.59 Å². The number of ketones is 1. The second-order valence-corrected chi connectivity index (χ2v) is 4.88. The van der Waals surface area contributed by atoms with Crippen molar-refractivity contribution in [3.05, 3.63) is 70.2 Å². The van der Waals surface area contributed by atoms with Gasteiger partial charge in [0, 0.05) is 22.7 Å². The Morgan fingerprint density at radius 3 is 2.05 bits per heavy atom. The molecule has 0 aliphatic rings. The molecule has 1 N–H and O–H groups in total. The van der Waals surface area contributed by atoms with E-state index in [4.69, 9.17) is 11.6 Å². The van der Waals surface area contributed by atoms with Crippen LogP contribution in [-0.4, -0.2) is 11.7 Å². The van der Waals surface area contributed by atoms with E-state index < -0.39 is 0 Å². The highest BCUT2D eigenvalue weighted by atomic mass is 35.5. The van der Waals surface area contributed by atoms with E-state index in [1.807, 2.05) is 12.1 Å². The van der Waals surface area contributed by atoms with Gasteiger partial charge < -0.3 is 5.32 Å². The Morgan fingerprint density at radius 2 is 1.50 bits per heavy atom. The molecule has 3 nitrogen and oxygen atoms in total. The maximum absolute atomic E-state index is 11.9. The summed E-state index contributed by atoms with van der Waals surface area (Å²) >= 11 is 5.80. The first-order chi connectivity index (χ1) is 9.56. The summed E-state index contributed by atoms with van der Waals surface area (Å²) in [4.78, 5) is 23.1. The number of hydrogen-bond acceptors (Lipinski definition) is 2. The molecule has 0 spiro atoms. The quantitative estimate of drug-likeness (QED) is 0.875. The van der Waals surface area contributed by atoms with Crippen LogP contribution >= 0.6 is 11.6 Å². The van der Waals surface area contributed by atoms with Crippen LogP contribution in [0.4, 0.5) is 0 Å². The number of carbonyl (C=O) groups is 2. The van der Waals surface area contributed by atoms with Crippen LogP contribution in [0.15, 0.2) is 48.5 Å². The Hall–Kier alpha value is -2.13. The molecule has 102 valence electrons. The van der Waals surface area contributed by atoms with Gasteiger partial charge in [-0.3, -0.25) is 9.59 Å². The zero-order chi connectivity index (χ0) is 14.5. The first-order valence-corrected chi connectivity index (χ1v) is 6.58. The van der Waals surface area contributed by atoms with Gasteiger partial charge in [0.15, 0.2) is 5.78 Å². The third kappa shape index (κ3) is 3.68. The van der Waals surface area contributed by atoms with Gasteiger partial charge in [-0.15, -0.1) is 0 Å². The molecule has 0 saturated carbocycles. The summed E-state index contributed by atoms with van der Waals surface area (Å²) in [5.74, 6) is -0.187. The average Bonchev–Trinajstić information content (AvgIpc) is 2.46. The van der Waals surface area contributed by atoms with Crippen LogP contribution in [0.1, 0.15) is 33.2 Å². The van der Waals surface area contributed by atoms with E-state index in [-0.39, 0.29) is 11.7 Å². The van der Waals surface area contributed by atoms with Crippen LogP contribution in [0, 0.1) is 0 Å². The number of halogens is 1. The molecule has 0 aromatic heterocycles. The van der Waals surface area contributed by atoms with Crippen LogP contribution < -0.4 is 5.32 Å². The molecule has 4 heteroatoms. The molecule has 0 unspecified atom stereocenters. The van der Waals surface area contributed by atoms with E-state index in [1.54, 1.807) is 36.4 Å². The standard InChI is InChI=1S/C16H14ClNO2/c1-11(19)13-4-6-14(7-5-13)16(20)18-10-12-2-8-15(17)9-3-12/h2-9H,10H2,1H3,(H,18,20). The van der Waals surface area contributed by atoms with Crippen molar-refractivity contribution in [3.8, 4) is 0 Å². The lowest BCUT2D eigenvalue weighted by molar-refractivity contribution is 0.0949. The lowest BCUT2D eigenvalue weighted by Crippen LogP contribution is -2.22. The largest absolute Gasteiger partial charge is 0.348 e. The Kier molecular flexibility index (Phi) is 4.53. The van der Waals surface area contributed by atoms with Gasteiger partial charge >= 0.3 is 0 Å². The zero-order valence-electron chi connectivity index (χ0n) is 11.0. The minimum atomic E-state index is -0.171. The second-order valence-electron chi connectivity index (χ2n) is 4.44. The van der Waals surface area contributed by atoms with Gasteiger partial charge in [-0.1, -0.05) is 35.9 Å². The smallest absolute Gasteiger partial charge is 0.251 e. The maximum atomic E-state index is 11.9. The minimum Gasteiger partial charge on any atom is -0.348 e. The van der Waals surface area contributed by atoms with Gasteiger partial charge in [-0.2, -0.15) is 0 Å². The van der Waals surface area contributed by atoms with Crippen LogP contribution in [0.25, 0.3) is 0 Å². The summed E-state index contributed by atoms with van der Waals surface area (Å²) in [5.41, 5.74) is 2.10. The molecule has 0 aliphatic heterocycles. The lowest BCUT2D eigenvalue weighted by atomic mass is 10.1. The molecule has 2 aromatic rings. The lowest BCUT2D eigenvalue weighted by Gasteiger charge is -2.06. The molecule has 0 fully saturated rings. The van der Waals surface area contributed by atoms with Crippen molar-refractivity contribution in [3.63, 3.8) is 0 Å². The zero-order valence-corrected chi connectivity index (χ0v) is 11.8. The summed E-state index contributed by atoms with van der Waals surface area (Å²) in [6.07, 6.45) is 0. The van der Waals surface area contributed by atoms with Crippen molar-refractivity contribution in [2.24, 2.45) is 0 Å². The Labute approximate surface area is 122 Å². The fourth-order valence-corrected chi connectivity index (χ4v) is 1.87. The summed E-state index contributed by atoms with van der Waals surface area (Å²) in [5, 5.41) is 3.48. The SMILES string of the molecule is CC(=O)c1ccc(C(=O)NCc2ccc(Cl)cc2)cc1. The van der Waals surface area contributed by atoms with Gasteiger partial charge in [0.05, 0.1) is 0 Å². The summed E-state index contributed by atoms with van der Waals surface area (Å²) < 4.78 is 0. The number of carbonyl (C=O) groups excluding carboxylic acids is 2. The van der Waals surface area contributed by atoms with E-state index >= 15 is 0 Å². The normalized spacial score (nSPS) is 10.1. The fourth-order valence-electron chi connectivity index (χ4n) is 1.74. The predicted octanol–water partition coefficient (Wildman–Crippen LogP) is 3.47. The van der Waals surface area contributed by atoms with E-state index in [0.717, 1.165) is 5.56 Å². The topological polar surface area (TPSA) is 46.2 Å². The number of nitrogens with one attached hydrogen (secondary N) is 1. The van der Waals surface area contributed by atoms with Crippen LogP contribution in [0.5, 0.6) is 0 Å². The number of rotatable bonds is 4. The monoisotopic (exact) mass is 287 g/mol. The molecule has 0 radical (unpaired) electrons. The Bertz CT molecular complexity index is 618. The molecule has 2 rings (SSSR count). The second kappa shape index (κ2) is 6.35. The molecule has 0 saturated heterocycles. The molecular weight excluding hydrogens is 274 g/mol. The van der Waals surface area contributed by atoms with Gasteiger partial charge in [0.2, 0.25) is 0 Å². The van der Waals surface area contributed by atoms with Gasteiger partial charge in [-0.25, -0.2) is 0 Å². The van der Waals surface area contributed by atoms with Crippen molar-refractivity contribution < 1.29 is 9.59 Å².